The van der Waals surface area contributed by atoms with Gasteiger partial charge in [0.25, 0.3) is 10.0 Å². The molecule has 0 aliphatic heterocycles. The number of hydrogen-bond acceptors (Lipinski definition) is 5. The molecule has 194 valence electrons. The Morgan fingerprint density at radius 1 is 1.11 bits per heavy atom. The second kappa shape index (κ2) is 9.67. The van der Waals surface area contributed by atoms with E-state index in [1.165, 1.54) is 42.0 Å². The number of aromatic nitrogens is 2. The van der Waals surface area contributed by atoms with Gasteiger partial charge in [0.1, 0.15) is 11.5 Å². The average Bonchev–Trinajstić information content (AvgIpc) is 3.17. The zero-order valence-corrected chi connectivity index (χ0v) is 20.8. The van der Waals surface area contributed by atoms with E-state index in [-0.39, 0.29) is 21.8 Å². The molecule has 37 heavy (non-hydrogen) atoms. The van der Waals surface area contributed by atoms with Crippen LogP contribution in [-0.4, -0.2) is 30.9 Å². The van der Waals surface area contributed by atoms with Crippen molar-refractivity contribution in [1.82, 2.24) is 9.38 Å². The van der Waals surface area contributed by atoms with Crippen LogP contribution < -0.4 is 4.31 Å². The number of sulfonamides is 1. The van der Waals surface area contributed by atoms with Crippen molar-refractivity contribution in [3.8, 4) is 0 Å². The highest BCUT2D eigenvalue weighted by atomic mass is 35.5. The van der Waals surface area contributed by atoms with Crippen LogP contribution in [0.3, 0.4) is 0 Å². The first kappa shape index (κ1) is 26.4. The molecule has 13 heteroatoms. The van der Waals surface area contributed by atoms with Gasteiger partial charge in [-0.05, 0) is 61.0 Å². The molecule has 0 aliphatic carbocycles. The average molecular weight is 556 g/mol. The molecular formula is C24H18ClF4N3O4S. The lowest BCUT2D eigenvalue weighted by atomic mass is 10.1. The highest BCUT2D eigenvalue weighted by Gasteiger charge is 2.35. The normalized spacial score (nSPS) is 12.1. The minimum Gasteiger partial charge on any atom is -0.465 e. The molecule has 7 nitrogen and oxygen atoms in total. The summed E-state index contributed by atoms with van der Waals surface area (Å²) in [5.74, 6) is -2.24. The zero-order valence-electron chi connectivity index (χ0n) is 19.3. The summed E-state index contributed by atoms with van der Waals surface area (Å²) >= 11 is 6.06. The van der Waals surface area contributed by atoms with E-state index in [1.54, 1.807) is 19.1 Å². The van der Waals surface area contributed by atoms with Crippen LogP contribution in [0.4, 0.5) is 23.4 Å². The molecule has 0 amide bonds. The van der Waals surface area contributed by atoms with Crippen LogP contribution in [0.5, 0.6) is 0 Å². The molecule has 2 aromatic carbocycles. The third-order valence-electron chi connectivity index (χ3n) is 5.56. The van der Waals surface area contributed by atoms with Gasteiger partial charge in [-0.1, -0.05) is 17.7 Å². The summed E-state index contributed by atoms with van der Waals surface area (Å²) in [5, 5.41) is 0.348. The van der Waals surface area contributed by atoms with Crippen LogP contribution in [0.25, 0.3) is 5.65 Å². The predicted octanol–water partition coefficient (Wildman–Crippen LogP) is 5.64. The number of aryl methyl sites for hydroxylation is 1. The molecule has 0 fully saturated rings. The number of halogens is 5. The SMILES string of the molecule is COC(=O)c1ccc(S(=O)(=O)N(Cc2ccc(F)c(C(F)(F)F)c2)c2nc3ccc(Cl)cn3c2C)cc1. The van der Waals surface area contributed by atoms with Gasteiger partial charge >= 0.3 is 12.1 Å². The van der Waals surface area contributed by atoms with Crippen molar-refractivity contribution >= 4 is 39.1 Å². The molecule has 0 aliphatic rings. The molecule has 0 atom stereocenters. The van der Waals surface area contributed by atoms with Crippen LogP contribution in [-0.2, 0) is 27.5 Å². The van der Waals surface area contributed by atoms with E-state index < -0.39 is 40.1 Å². The fourth-order valence-corrected chi connectivity index (χ4v) is 5.31. The third kappa shape index (κ3) is 5.12. The molecule has 0 bridgehead atoms. The number of imidazole rings is 1. The second-order valence-corrected chi connectivity index (χ2v) is 10.2. The van der Waals surface area contributed by atoms with Crippen LogP contribution in [0, 0.1) is 12.7 Å². The molecule has 0 saturated carbocycles. The van der Waals surface area contributed by atoms with E-state index in [2.05, 4.69) is 9.72 Å². The molecule has 0 radical (unpaired) electrons. The molecule has 4 rings (SSSR count). The van der Waals surface area contributed by atoms with Crippen molar-refractivity contribution in [1.29, 1.82) is 0 Å². The maximum atomic E-state index is 13.9. The van der Waals surface area contributed by atoms with Crippen LogP contribution in [0.15, 0.2) is 65.7 Å². The molecule has 0 spiro atoms. The molecule has 0 unspecified atom stereocenters. The number of alkyl halides is 3. The number of benzene rings is 2. The topological polar surface area (TPSA) is 81.0 Å². The number of anilines is 1. The molecule has 0 N–H and O–H groups in total. The number of nitrogens with zero attached hydrogens (tertiary/aromatic N) is 3. The highest BCUT2D eigenvalue weighted by Crippen LogP contribution is 2.34. The quantitative estimate of drug-likeness (QED) is 0.227. The fraction of sp³-hybridized carbons (Fsp3) is 0.167. The summed E-state index contributed by atoms with van der Waals surface area (Å²) in [7, 11) is -3.27. The number of carbonyl (C=O) groups excluding carboxylic acids is 1. The lowest BCUT2D eigenvalue weighted by Gasteiger charge is -2.24. The number of hydrogen-bond donors (Lipinski definition) is 0. The zero-order chi connectivity index (χ0) is 27.1. The van der Waals surface area contributed by atoms with E-state index in [4.69, 9.17) is 11.6 Å². The highest BCUT2D eigenvalue weighted by molar-refractivity contribution is 7.92. The summed E-state index contributed by atoms with van der Waals surface area (Å²) in [6, 6.07) is 10.2. The summed E-state index contributed by atoms with van der Waals surface area (Å²) in [6.07, 6.45) is -3.47. The molecule has 0 saturated heterocycles. The maximum Gasteiger partial charge on any atom is 0.419 e. The predicted molar refractivity (Wildman–Crippen MR) is 127 cm³/mol. The van der Waals surface area contributed by atoms with Gasteiger partial charge in [-0.2, -0.15) is 13.2 Å². The first-order valence-corrected chi connectivity index (χ1v) is 12.4. The fourth-order valence-electron chi connectivity index (χ4n) is 3.70. The van der Waals surface area contributed by atoms with Crippen molar-refractivity contribution in [2.75, 3.05) is 11.4 Å². The van der Waals surface area contributed by atoms with Gasteiger partial charge in [0.15, 0.2) is 5.82 Å². The van der Waals surface area contributed by atoms with Gasteiger partial charge in [-0.15, -0.1) is 0 Å². The number of methoxy groups -OCH3 is 1. The Kier molecular flexibility index (Phi) is 6.91. The van der Waals surface area contributed by atoms with E-state index in [1.807, 2.05) is 0 Å². The lowest BCUT2D eigenvalue weighted by Crippen LogP contribution is -2.31. The molecule has 2 aromatic heterocycles. The largest absolute Gasteiger partial charge is 0.465 e. The van der Waals surface area contributed by atoms with Gasteiger partial charge in [-0.25, -0.2) is 26.9 Å². The van der Waals surface area contributed by atoms with E-state index in [0.717, 1.165) is 10.4 Å². The Morgan fingerprint density at radius 3 is 2.41 bits per heavy atom. The van der Waals surface area contributed by atoms with Gasteiger partial charge in [0, 0.05) is 6.20 Å². The molecule has 2 heterocycles. The van der Waals surface area contributed by atoms with E-state index >= 15 is 0 Å². The number of pyridine rings is 1. The lowest BCUT2D eigenvalue weighted by molar-refractivity contribution is -0.140. The smallest absolute Gasteiger partial charge is 0.419 e. The van der Waals surface area contributed by atoms with Gasteiger partial charge in [0.05, 0.1) is 40.4 Å². The number of carbonyl (C=O) groups is 1. The Balaban J connectivity index is 1.87. The number of fused-ring (bicyclic) bond motifs is 1. The standard InChI is InChI=1S/C24H18ClF4N3O4S/c1-14-22(30-21-10-6-17(25)13-31(14)21)32(12-15-3-9-20(26)19(11-15)24(27,28)29)37(34,35)18-7-4-16(5-8-18)23(33)36-2/h3-11,13H,12H2,1-2H3. The van der Waals surface area contributed by atoms with Crippen LogP contribution >= 0.6 is 11.6 Å². The van der Waals surface area contributed by atoms with Crippen LogP contribution in [0.1, 0.15) is 27.2 Å². The van der Waals surface area contributed by atoms with Crippen molar-refractivity contribution in [3.63, 3.8) is 0 Å². The third-order valence-corrected chi connectivity index (χ3v) is 7.53. The van der Waals surface area contributed by atoms with Gasteiger partial charge in [0.2, 0.25) is 0 Å². The molecule has 4 aromatic rings. The Morgan fingerprint density at radius 2 is 1.78 bits per heavy atom. The van der Waals surface area contributed by atoms with Crippen molar-refractivity contribution in [2.24, 2.45) is 0 Å². The number of esters is 1. The monoisotopic (exact) mass is 555 g/mol. The number of rotatable bonds is 6. The number of ether oxygens (including phenoxy) is 1. The first-order valence-electron chi connectivity index (χ1n) is 10.5. The summed E-state index contributed by atoms with van der Waals surface area (Å²) in [6.45, 7) is 0.975. The summed E-state index contributed by atoms with van der Waals surface area (Å²) < 4.78 is 88.4. The van der Waals surface area contributed by atoms with E-state index in [9.17, 15) is 30.8 Å². The summed E-state index contributed by atoms with van der Waals surface area (Å²) in [4.78, 5) is 15.9. The first-order chi connectivity index (χ1) is 17.3. The minimum absolute atomic E-state index is 0.0720. The van der Waals surface area contributed by atoms with Gasteiger partial charge < -0.3 is 9.14 Å². The van der Waals surface area contributed by atoms with E-state index in [0.29, 0.717) is 28.5 Å². The van der Waals surface area contributed by atoms with Crippen molar-refractivity contribution in [2.45, 2.75) is 24.5 Å². The Hall–Kier alpha value is -3.64. The van der Waals surface area contributed by atoms with Crippen molar-refractivity contribution in [3.05, 3.63) is 94.0 Å². The Bertz CT molecular complexity index is 1600. The summed E-state index contributed by atoms with van der Waals surface area (Å²) in [5.41, 5.74) is -0.875. The maximum absolute atomic E-state index is 13.9. The minimum atomic E-state index is -4.98. The Labute approximate surface area is 213 Å². The molecular weight excluding hydrogens is 538 g/mol. The van der Waals surface area contributed by atoms with Gasteiger partial charge in [-0.3, -0.25) is 0 Å². The van der Waals surface area contributed by atoms with Crippen molar-refractivity contribution < 1.29 is 35.5 Å². The van der Waals surface area contributed by atoms with Crippen LogP contribution in [0.2, 0.25) is 5.02 Å². The second-order valence-electron chi connectivity index (χ2n) is 7.94.